The highest BCUT2D eigenvalue weighted by Gasteiger charge is 2.19. The first kappa shape index (κ1) is 20.0. The number of fused-ring (bicyclic) bond motifs is 1. The number of para-hydroxylation sites is 1. The molecule has 2 amide bonds. The molecule has 7 nitrogen and oxygen atoms in total. The van der Waals surface area contributed by atoms with E-state index in [1.54, 1.807) is 43.7 Å². The lowest BCUT2D eigenvalue weighted by molar-refractivity contribution is -0.115. The Bertz CT molecular complexity index is 1050. The van der Waals surface area contributed by atoms with Crippen molar-refractivity contribution in [2.45, 2.75) is 25.4 Å². The zero-order chi connectivity index (χ0) is 20.9. The van der Waals surface area contributed by atoms with Gasteiger partial charge in [-0.25, -0.2) is 0 Å². The summed E-state index contributed by atoms with van der Waals surface area (Å²) in [6.45, 7) is 1.20. The van der Waals surface area contributed by atoms with Crippen LogP contribution in [0.25, 0.3) is 11.0 Å². The van der Waals surface area contributed by atoms with Gasteiger partial charge in [0.1, 0.15) is 11.3 Å². The van der Waals surface area contributed by atoms with E-state index in [0.29, 0.717) is 29.1 Å². The minimum atomic E-state index is -0.234. The summed E-state index contributed by atoms with van der Waals surface area (Å²) in [6.07, 6.45) is 3.73. The van der Waals surface area contributed by atoms with Gasteiger partial charge in [0.05, 0.1) is 37.1 Å². The number of ether oxygens (including phenoxy) is 2. The van der Waals surface area contributed by atoms with Crippen molar-refractivity contribution in [2.24, 2.45) is 0 Å². The lowest BCUT2D eigenvalue weighted by atomic mass is 10.1. The van der Waals surface area contributed by atoms with Gasteiger partial charge in [-0.1, -0.05) is 12.1 Å². The molecular formula is C23H24N2O5. The minimum Gasteiger partial charge on any atom is -0.497 e. The first-order valence-electron chi connectivity index (χ1n) is 9.97. The Morgan fingerprint density at radius 3 is 2.87 bits per heavy atom. The fourth-order valence-electron chi connectivity index (χ4n) is 3.59. The average molecular weight is 408 g/mol. The van der Waals surface area contributed by atoms with Gasteiger partial charge in [-0.2, -0.15) is 0 Å². The van der Waals surface area contributed by atoms with E-state index in [2.05, 4.69) is 10.6 Å². The van der Waals surface area contributed by atoms with E-state index in [1.165, 1.54) is 0 Å². The van der Waals surface area contributed by atoms with Crippen LogP contribution in [0.1, 0.15) is 28.8 Å². The Morgan fingerprint density at radius 2 is 2.07 bits per heavy atom. The molecule has 1 aliphatic rings. The number of hydrogen-bond donors (Lipinski definition) is 2. The van der Waals surface area contributed by atoms with Crippen molar-refractivity contribution >= 4 is 28.5 Å². The molecule has 0 unspecified atom stereocenters. The minimum absolute atomic E-state index is 0.0590. The molecule has 2 heterocycles. The van der Waals surface area contributed by atoms with Crippen LogP contribution in [0.5, 0.6) is 5.75 Å². The number of hydrogen-bond acceptors (Lipinski definition) is 5. The topological polar surface area (TPSA) is 89.8 Å². The Labute approximate surface area is 174 Å². The number of rotatable bonds is 7. The molecule has 1 aliphatic heterocycles. The fraction of sp³-hybridized carbons (Fsp3) is 0.304. The predicted octanol–water partition coefficient (Wildman–Crippen LogP) is 3.53. The van der Waals surface area contributed by atoms with Crippen molar-refractivity contribution < 1.29 is 23.5 Å². The Hall–Kier alpha value is -3.32. The van der Waals surface area contributed by atoms with Crippen LogP contribution in [-0.4, -0.2) is 38.2 Å². The zero-order valence-corrected chi connectivity index (χ0v) is 16.8. The van der Waals surface area contributed by atoms with Crippen LogP contribution in [0, 0.1) is 0 Å². The summed E-state index contributed by atoms with van der Waals surface area (Å²) in [5.74, 6) is 0.228. The van der Waals surface area contributed by atoms with Crippen LogP contribution in [0.4, 0.5) is 5.69 Å². The molecular weight excluding hydrogens is 384 g/mol. The van der Waals surface area contributed by atoms with E-state index < -0.39 is 0 Å². The molecule has 2 N–H and O–H groups in total. The summed E-state index contributed by atoms with van der Waals surface area (Å²) < 4.78 is 16.3. The van der Waals surface area contributed by atoms with Crippen LogP contribution in [0.2, 0.25) is 0 Å². The number of amides is 2. The molecule has 0 radical (unpaired) electrons. The molecule has 0 spiro atoms. The van der Waals surface area contributed by atoms with Gasteiger partial charge in [0.15, 0.2) is 0 Å². The van der Waals surface area contributed by atoms with Crippen molar-refractivity contribution in [3.8, 4) is 5.75 Å². The number of anilines is 1. The van der Waals surface area contributed by atoms with Gasteiger partial charge in [-0.15, -0.1) is 0 Å². The van der Waals surface area contributed by atoms with Gasteiger partial charge >= 0.3 is 0 Å². The summed E-state index contributed by atoms with van der Waals surface area (Å²) in [7, 11) is 1.59. The van der Waals surface area contributed by atoms with Crippen molar-refractivity contribution in [2.75, 3.05) is 25.6 Å². The molecule has 1 saturated heterocycles. The average Bonchev–Trinajstić information content (AvgIpc) is 3.42. The van der Waals surface area contributed by atoms with Gasteiger partial charge in [0, 0.05) is 30.2 Å². The zero-order valence-electron chi connectivity index (χ0n) is 16.8. The maximum absolute atomic E-state index is 12.7. The lowest BCUT2D eigenvalue weighted by Gasteiger charge is -2.13. The standard InChI is InChI=1S/C23H24N2O5/c1-28-16-8-9-18-15(14-30-21(18)12-16)11-22(26)25-20-7-3-2-6-19(20)23(27)24-13-17-5-4-10-29-17/h2-3,6-9,12,14,17H,4-5,10-11,13H2,1H3,(H,24,27)(H,25,26)/t17-/m0/s1. The molecule has 1 aromatic heterocycles. The molecule has 0 bridgehead atoms. The highest BCUT2D eigenvalue weighted by Crippen LogP contribution is 2.26. The third-order valence-electron chi connectivity index (χ3n) is 5.17. The molecule has 3 aromatic rings. The molecule has 156 valence electrons. The largest absolute Gasteiger partial charge is 0.497 e. The van der Waals surface area contributed by atoms with E-state index >= 15 is 0 Å². The van der Waals surface area contributed by atoms with Crippen molar-refractivity contribution in [3.05, 3.63) is 59.9 Å². The SMILES string of the molecule is COc1ccc2c(CC(=O)Nc3ccccc3C(=O)NC[C@@H]3CCCO3)coc2c1. The van der Waals surface area contributed by atoms with Crippen LogP contribution in [-0.2, 0) is 16.0 Å². The van der Waals surface area contributed by atoms with Crippen molar-refractivity contribution in [3.63, 3.8) is 0 Å². The molecule has 30 heavy (non-hydrogen) atoms. The smallest absolute Gasteiger partial charge is 0.253 e. The third-order valence-corrected chi connectivity index (χ3v) is 5.17. The van der Waals surface area contributed by atoms with Crippen LogP contribution in [0.3, 0.4) is 0 Å². The number of nitrogens with one attached hydrogen (secondary N) is 2. The normalized spacial score (nSPS) is 15.8. The van der Waals surface area contributed by atoms with Crippen molar-refractivity contribution in [1.29, 1.82) is 0 Å². The van der Waals surface area contributed by atoms with Gasteiger partial charge in [-0.3, -0.25) is 9.59 Å². The lowest BCUT2D eigenvalue weighted by Crippen LogP contribution is -2.32. The molecule has 0 aliphatic carbocycles. The van der Waals surface area contributed by atoms with Gasteiger partial charge in [0.25, 0.3) is 5.91 Å². The highest BCUT2D eigenvalue weighted by molar-refractivity contribution is 6.04. The number of carbonyl (C=O) groups excluding carboxylic acids is 2. The fourth-order valence-corrected chi connectivity index (χ4v) is 3.59. The third kappa shape index (κ3) is 4.46. The first-order valence-corrected chi connectivity index (χ1v) is 9.97. The molecule has 0 saturated carbocycles. The van der Waals surface area contributed by atoms with E-state index in [1.807, 2.05) is 12.1 Å². The van der Waals surface area contributed by atoms with Crippen LogP contribution in [0.15, 0.2) is 53.1 Å². The van der Waals surface area contributed by atoms with E-state index in [-0.39, 0.29) is 24.3 Å². The predicted molar refractivity (Wildman–Crippen MR) is 113 cm³/mol. The quantitative estimate of drug-likeness (QED) is 0.624. The number of carbonyl (C=O) groups is 2. The Kier molecular flexibility index (Phi) is 5.99. The molecule has 1 fully saturated rings. The van der Waals surface area contributed by atoms with Gasteiger partial charge in [-0.05, 0) is 37.1 Å². The summed E-state index contributed by atoms with van der Waals surface area (Å²) in [5, 5.41) is 6.60. The summed E-state index contributed by atoms with van der Waals surface area (Å²) >= 11 is 0. The maximum Gasteiger partial charge on any atom is 0.253 e. The Morgan fingerprint density at radius 1 is 1.20 bits per heavy atom. The summed E-state index contributed by atoms with van der Waals surface area (Å²) in [6, 6.07) is 12.4. The van der Waals surface area contributed by atoms with Crippen molar-refractivity contribution in [1.82, 2.24) is 5.32 Å². The molecule has 7 heteroatoms. The monoisotopic (exact) mass is 408 g/mol. The summed E-state index contributed by atoms with van der Waals surface area (Å²) in [5.41, 5.74) is 2.32. The van der Waals surface area contributed by atoms with Crippen LogP contribution >= 0.6 is 0 Å². The number of benzene rings is 2. The first-order chi connectivity index (χ1) is 14.6. The van der Waals surface area contributed by atoms with E-state index in [0.717, 1.165) is 30.4 Å². The highest BCUT2D eigenvalue weighted by atomic mass is 16.5. The number of furan rings is 1. The van der Waals surface area contributed by atoms with E-state index in [4.69, 9.17) is 13.9 Å². The van der Waals surface area contributed by atoms with Gasteiger partial charge < -0.3 is 24.5 Å². The second-order valence-electron chi connectivity index (χ2n) is 7.24. The summed E-state index contributed by atoms with van der Waals surface area (Å²) in [4.78, 5) is 25.3. The molecule has 4 rings (SSSR count). The van der Waals surface area contributed by atoms with Crippen LogP contribution < -0.4 is 15.4 Å². The maximum atomic E-state index is 12.7. The van der Waals surface area contributed by atoms with E-state index in [9.17, 15) is 9.59 Å². The molecule has 1 atom stereocenters. The molecule has 2 aromatic carbocycles. The van der Waals surface area contributed by atoms with Gasteiger partial charge in [0.2, 0.25) is 5.91 Å². The number of methoxy groups -OCH3 is 1. The second kappa shape index (κ2) is 9.00. The Balaban J connectivity index is 1.42. The second-order valence-corrected chi connectivity index (χ2v) is 7.24.